The molecule has 0 radical (unpaired) electrons. The Morgan fingerprint density at radius 2 is 1.26 bits per heavy atom. The van der Waals surface area contributed by atoms with Gasteiger partial charge < -0.3 is 20.9 Å². The van der Waals surface area contributed by atoms with E-state index < -0.39 is 18.1 Å². The summed E-state index contributed by atoms with van der Waals surface area (Å²) in [5, 5.41) is 11.6. The Hall–Kier alpha value is -3.55. The number of carbonyl (C=O) groups is 3. The second kappa shape index (κ2) is 17.9. The van der Waals surface area contributed by atoms with Gasteiger partial charge >= 0.3 is 12.1 Å². The zero-order chi connectivity index (χ0) is 25.9. The number of alkyl halides is 2. The number of hydrogen-bond donors (Lipinski definition) is 3. The lowest BCUT2D eigenvalue weighted by Crippen LogP contribution is -2.42. The molecule has 1 atom stereocenters. The standard InChI is InChI=1S/C17H17NO4.C6H7N.C3H4Cl2O/c19-16(20)15(11-13-7-3-1-4-8-13)18-17(21)22-12-14-9-5-2-6-10-14;7-6-4-2-1-3-5-6;4-1-3(6)2-5/h1-10,15H,11-12H2,(H,18,21)(H,19,20);1-5H,7H2;1-2H2/t15-;;/m0../s1. The number of nitrogens with one attached hydrogen (secondary N) is 1. The summed E-state index contributed by atoms with van der Waals surface area (Å²) >= 11 is 10.0. The highest BCUT2D eigenvalue weighted by atomic mass is 35.5. The predicted octanol–water partition coefficient (Wildman–Crippen LogP) is 4.91. The number of anilines is 1. The Labute approximate surface area is 214 Å². The molecule has 9 heteroatoms. The van der Waals surface area contributed by atoms with E-state index in [-0.39, 0.29) is 30.6 Å². The average molecular weight is 519 g/mol. The molecule has 0 heterocycles. The molecule has 4 N–H and O–H groups in total. The second-order valence-electron chi connectivity index (χ2n) is 7.00. The fourth-order valence-electron chi connectivity index (χ4n) is 2.45. The van der Waals surface area contributed by atoms with Gasteiger partial charge in [-0.3, -0.25) is 4.79 Å². The Balaban J connectivity index is 0.000000384. The number of nitrogens with two attached hydrogens (primary N) is 1. The Bertz CT molecular complexity index is 1000. The van der Waals surface area contributed by atoms with E-state index in [0.29, 0.717) is 0 Å². The minimum Gasteiger partial charge on any atom is -0.480 e. The van der Waals surface area contributed by atoms with E-state index in [2.05, 4.69) is 5.32 Å². The molecule has 0 aliphatic carbocycles. The summed E-state index contributed by atoms with van der Waals surface area (Å²) in [7, 11) is 0. The molecule has 186 valence electrons. The molecule has 0 aromatic heterocycles. The van der Waals surface area contributed by atoms with Crippen molar-refractivity contribution in [2.45, 2.75) is 19.1 Å². The molecular formula is C26H28Cl2N2O5. The van der Waals surface area contributed by atoms with Gasteiger partial charge in [-0.1, -0.05) is 78.9 Å². The third kappa shape index (κ3) is 14.3. The van der Waals surface area contributed by atoms with Crippen LogP contribution in [0.15, 0.2) is 91.0 Å². The van der Waals surface area contributed by atoms with Gasteiger partial charge in [0.05, 0.1) is 11.8 Å². The molecule has 0 bridgehead atoms. The van der Waals surface area contributed by atoms with Crippen molar-refractivity contribution < 1.29 is 24.2 Å². The maximum Gasteiger partial charge on any atom is 0.408 e. The number of carboxylic acids is 1. The van der Waals surface area contributed by atoms with Crippen LogP contribution in [0.1, 0.15) is 11.1 Å². The van der Waals surface area contributed by atoms with Crippen LogP contribution in [0, 0.1) is 0 Å². The summed E-state index contributed by atoms with van der Waals surface area (Å²) in [4.78, 5) is 32.9. The number of aliphatic carboxylic acids is 1. The number of amides is 1. The number of Topliss-reactive ketones (excluding diaryl/α,β-unsaturated/α-hetero) is 1. The number of rotatable bonds is 8. The maximum atomic E-state index is 11.7. The van der Waals surface area contributed by atoms with E-state index in [1.807, 2.05) is 91.0 Å². The molecule has 0 spiro atoms. The first-order valence-electron chi connectivity index (χ1n) is 10.5. The Morgan fingerprint density at radius 1 is 0.800 bits per heavy atom. The molecule has 0 aliphatic rings. The van der Waals surface area contributed by atoms with Crippen LogP contribution in [-0.2, 0) is 27.4 Å². The molecule has 0 saturated heterocycles. The highest BCUT2D eigenvalue weighted by molar-refractivity contribution is 6.35. The Kier molecular flexibility index (Phi) is 15.0. The number of ether oxygens (including phenoxy) is 1. The molecule has 0 aliphatic heterocycles. The molecule has 3 aromatic carbocycles. The van der Waals surface area contributed by atoms with Gasteiger partial charge in [-0.15, -0.1) is 23.2 Å². The first-order chi connectivity index (χ1) is 16.8. The van der Waals surface area contributed by atoms with Gasteiger partial charge in [0.15, 0.2) is 5.78 Å². The van der Waals surface area contributed by atoms with E-state index >= 15 is 0 Å². The Morgan fingerprint density at radius 3 is 1.63 bits per heavy atom. The fourth-order valence-corrected chi connectivity index (χ4v) is 2.73. The summed E-state index contributed by atoms with van der Waals surface area (Å²) in [5.74, 6) is -1.16. The van der Waals surface area contributed by atoms with E-state index in [1.54, 1.807) is 0 Å². The minimum absolute atomic E-state index is 0.0312. The van der Waals surface area contributed by atoms with Crippen molar-refractivity contribution in [2.24, 2.45) is 0 Å². The highest BCUT2D eigenvalue weighted by Crippen LogP contribution is 2.05. The van der Waals surface area contributed by atoms with E-state index in [0.717, 1.165) is 16.8 Å². The predicted molar refractivity (Wildman–Crippen MR) is 139 cm³/mol. The third-order valence-electron chi connectivity index (χ3n) is 4.18. The van der Waals surface area contributed by atoms with Crippen LogP contribution in [0.25, 0.3) is 0 Å². The average Bonchev–Trinajstić information content (AvgIpc) is 2.89. The highest BCUT2D eigenvalue weighted by Gasteiger charge is 2.21. The lowest BCUT2D eigenvalue weighted by Gasteiger charge is -2.14. The number of para-hydroxylation sites is 1. The fraction of sp³-hybridized carbons (Fsp3) is 0.192. The molecule has 0 fully saturated rings. The normalized spacial score (nSPS) is 10.3. The van der Waals surface area contributed by atoms with Crippen molar-refractivity contribution in [1.29, 1.82) is 0 Å². The summed E-state index contributed by atoms with van der Waals surface area (Å²) < 4.78 is 5.03. The lowest BCUT2D eigenvalue weighted by molar-refractivity contribution is -0.139. The quantitative estimate of drug-likeness (QED) is 0.288. The van der Waals surface area contributed by atoms with E-state index in [9.17, 15) is 19.5 Å². The number of nitrogen functional groups attached to an aromatic ring is 1. The smallest absolute Gasteiger partial charge is 0.408 e. The van der Waals surface area contributed by atoms with E-state index in [1.165, 1.54) is 0 Å². The lowest BCUT2D eigenvalue weighted by atomic mass is 10.1. The third-order valence-corrected chi connectivity index (χ3v) is 4.78. The first kappa shape index (κ1) is 29.5. The first-order valence-corrected chi connectivity index (χ1v) is 11.6. The van der Waals surface area contributed by atoms with Crippen LogP contribution >= 0.6 is 23.2 Å². The molecule has 35 heavy (non-hydrogen) atoms. The zero-order valence-electron chi connectivity index (χ0n) is 19.0. The van der Waals surface area contributed by atoms with Crippen LogP contribution in [0.5, 0.6) is 0 Å². The van der Waals surface area contributed by atoms with Crippen molar-refractivity contribution in [3.63, 3.8) is 0 Å². The van der Waals surface area contributed by atoms with Gasteiger partial charge in [0.1, 0.15) is 12.6 Å². The van der Waals surface area contributed by atoms with Crippen molar-refractivity contribution in [2.75, 3.05) is 17.5 Å². The van der Waals surface area contributed by atoms with Crippen LogP contribution in [-0.4, -0.2) is 40.8 Å². The number of benzene rings is 3. The van der Waals surface area contributed by atoms with Crippen LogP contribution in [0.4, 0.5) is 10.5 Å². The number of carbonyl (C=O) groups excluding carboxylic acids is 2. The number of hydrogen-bond acceptors (Lipinski definition) is 5. The molecule has 3 aromatic rings. The van der Waals surface area contributed by atoms with E-state index in [4.69, 9.17) is 33.7 Å². The zero-order valence-corrected chi connectivity index (χ0v) is 20.5. The maximum absolute atomic E-state index is 11.7. The molecule has 3 rings (SSSR count). The van der Waals surface area contributed by atoms with Crippen LogP contribution in [0.2, 0.25) is 0 Å². The van der Waals surface area contributed by atoms with Gasteiger partial charge in [-0.05, 0) is 23.3 Å². The number of ketones is 1. The monoisotopic (exact) mass is 518 g/mol. The van der Waals surface area contributed by atoms with Crippen LogP contribution < -0.4 is 11.1 Å². The summed E-state index contributed by atoms with van der Waals surface area (Å²) in [6.07, 6.45) is -0.538. The number of carboxylic acid groups (broad SMARTS) is 1. The van der Waals surface area contributed by atoms with Gasteiger partial charge in [0, 0.05) is 12.1 Å². The summed E-state index contributed by atoms with van der Waals surface area (Å²) in [6, 6.07) is 26.8. The van der Waals surface area contributed by atoms with Crippen molar-refractivity contribution in [1.82, 2.24) is 5.32 Å². The molecule has 7 nitrogen and oxygen atoms in total. The SMILES string of the molecule is Nc1ccccc1.O=C(CCl)CCl.O=C(N[C@@H](Cc1ccccc1)C(=O)O)OCc1ccccc1. The molecule has 1 amide bonds. The second-order valence-corrected chi connectivity index (χ2v) is 7.54. The summed E-state index contributed by atoms with van der Waals surface area (Å²) in [6.45, 7) is 0.102. The molecule has 0 saturated carbocycles. The largest absolute Gasteiger partial charge is 0.480 e. The number of alkyl carbamates (subject to hydrolysis) is 1. The van der Waals surface area contributed by atoms with Gasteiger partial charge in [-0.25, -0.2) is 9.59 Å². The topological polar surface area (TPSA) is 119 Å². The van der Waals surface area contributed by atoms with Crippen LogP contribution in [0.3, 0.4) is 0 Å². The van der Waals surface area contributed by atoms with Gasteiger partial charge in [-0.2, -0.15) is 0 Å². The molecular weight excluding hydrogens is 491 g/mol. The van der Waals surface area contributed by atoms with Crippen molar-refractivity contribution in [3.05, 3.63) is 102 Å². The van der Waals surface area contributed by atoms with Crippen molar-refractivity contribution >= 4 is 46.7 Å². The van der Waals surface area contributed by atoms with Gasteiger partial charge in [0.2, 0.25) is 0 Å². The molecule has 0 unspecified atom stereocenters. The van der Waals surface area contributed by atoms with Gasteiger partial charge in [0.25, 0.3) is 0 Å². The van der Waals surface area contributed by atoms with Crippen molar-refractivity contribution in [3.8, 4) is 0 Å². The minimum atomic E-state index is -1.10. The summed E-state index contributed by atoms with van der Waals surface area (Å²) in [5.41, 5.74) is 7.85. The number of halogens is 2.